The van der Waals surface area contributed by atoms with E-state index in [1.54, 1.807) is 12.1 Å². The summed E-state index contributed by atoms with van der Waals surface area (Å²) in [6.45, 7) is 0. The Morgan fingerprint density at radius 3 is 2.15 bits per heavy atom. The number of carboxylic acids is 1. The molecule has 112 valence electrons. The highest BCUT2D eigenvalue weighted by atomic mass is 16.4. The van der Waals surface area contributed by atoms with Crippen LogP contribution in [0.25, 0.3) is 0 Å². The standard InChI is InChI=1S/C9H11NO3.C6H13N/c10-8(9(12)13)5-6-1-3-7(11)4-2-6;7-6-4-2-1-3-5-6/h1-4,8,11H,5,10H2,(H,12,13);6H,1-5,7H2/t8-;/m0./s1. The second-order valence-corrected chi connectivity index (χ2v) is 5.21. The minimum Gasteiger partial charge on any atom is -0.508 e. The number of phenols is 1. The van der Waals surface area contributed by atoms with Gasteiger partial charge in [-0.3, -0.25) is 4.79 Å². The number of carboxylic acid groups (broad SMARTS) is 1. The van der Waals surface area contributed by atoms with Crippen molar-refractivity contribution in [2.75, 3.05) is 0 Å². The lowest BCUT2D eigenvalue weighted by atomic mass is 9.97. The van der Waals surface area contributed by atoms with Crippen molar-refractivity contribution in [3.63, 3.8) is 0 Å². The molecule has 2 rings (SSSR count). The van der Waals surface area contributed by atoms with Crippen molar-refractivity contribution >= 4 is 5.97 Å². The SMILES string of the molecule is NC1CCCCC1.N[C@@H](Cc1ccc(O)cc1)C(=O)O. The van der Waals surface area contributed by atoms with Crippen molar-refractivity contribution in [3.05, 3.63) is 29.8 Å². The topological polar surface area (TPSA) is 110 Å². The first-order valence-electron chi connectivity index (χ1n) is 7.01. The summed E-state index contributed by atoms with van der Waals surface area (Å²) in [6.07, 6.45) is 6.94. The fourth-order valence-electron chi connectivity index (χ4n) is 2.11. The van der Waals surface area contributed by atoms with E-state index in [9.17, 15) is 4.79 Å². The minimum absolute atomic E-state index is 0.160. The predicted octanol–water partition coefficient (Wildman–Crippen LogP) is 1.62. The fourth-order valence-corrected chi connectivity index (χ4v) is 2.11. The van der Waals surface area contributed by atoms with Crippen molar-refractivity contribution in [2.45, 2.75) is 50.6 Å². The number of phenolic OH excluding ortho intramolecular Hbond substituents is 1. The third-order valence-corrected chi connectivity index (χ3v) is 3.36. The van der Waals surface area contributed by atoms with E-state index in [-0.39, 0.29) is 12.2 Å². The van der Waals surface area contributed by atoms with E-state index in [4.69, 9.17) is 21.7 Å². The molecule has 0 spiro atoms. The Bertz CT molecular complexity index is 400. The Morgan fingerprint density at radius 1 is 1.20 bits per heavy atom. The number of hydrogen-bond donors (Lipinski definition) is 4. The molecule has 0 amide bonds. The first-order chi connectivity index (χ1) is 9.49. The van der Waals surface area contributed by atoms with Gasteiger partial charge in [0.25, 0.3) is 0 Å². The molecule has 0 heterocycles. The first kappa shape index (κ1) is 16.5. The predicted molar refractivity (Wildman–Crippen MR) is 78.5 cm³/mol. The lowest BCUT2D eigenvalue weighted by Gasteiger charge is -2.15. The van der Waals surface area contributed by atoms with Gasteiger partial charge in [0.1, 0.15) is 11.8 Å². The van der Waals surface area contributed by atoms with Crippen LogP contribution in [0.2, 0.25) is 0 Å². The molecule has 0 aliphatic heterocycles. The van der Waals surface area contributed by atoms with Gasteiger partial charge < -0.3 is 21.7 Å². The smallest absolute Gasteiger partial charge is 0.320 e. The highest BCUT2D eigenvalue weighted by Gasteiger charge is 2.11. The molecular weight excluding hydrogens is 256 g/mol. The van der Waals surface area contributed by atoms with Gasteiger partial charge in [0.2, 0.25) is 0 Å². The van der Waals surface area contributed by atoms with Gasteiger partial charge in [-0.2, -0.15) is 0 Å². The molecule has 0 saturated heterocycles. The summed E-state index contributed by atoms with van der Waals surface area (Å²) < 4.78 is 0. The van der Waals surface area contributed by atoms with Crippen LogP contribution < -0.4 is 11.5 Å². The molecule has 6 N–H and O–H groups in total. The lowest BCUT2D eigenvalue weighted by molar-refractivity contribution is -0.138. The normalized spacial score (nSPS) is 16.9. The Balaban J connectivity index is 0.000000240. The zero-order chi connectivity index (χ0) is 15.0. The molecule has 20 heavy (non-hydrogen) atoms. The molecule has 0 aromatic heterocycles. The van der Waals surface area contributed by atoms with Gasteiger partial charge in [-0.15, -0.1) is 0 Å². The number of nitrogens with two attached hydrogens (primary N) is 2. The fraction of sp³-hybridized carbons (Fsp3) is 0.533. The Labute approximate surface area is 119 Å². The summed E-state index contributed by atoms with van der Waals surface area (Å²) in [7, 11) is 0. The van der Waals surface area contributed by atoms with Crippen molar-refractivity contribution in [1.29, 1.82) is 0 Å². The summed E-state index contributed by atoms with van der Waals surface area (Å²) >= 11 is 0. The van der Waals surface area contributed by atoms with Crippen molar-refractivity contribution in [1.82, 2.24) is 0 Å². The van der Waals surface area contributed by atoms with Gasteiger partial charge in [-0.1, -0.05) is 31.4 Å². The molecule has 1 fully saturated rings. The number of aromatic hydroxyl groups is 1. The Hall–Kier alpha value is -1.59. The zero-order valence-electron chi connectivity index (χ0n) is 11.7. The largest absolute Gasteiger partial charge is 0.508 e. The number of carbonyl (C=O) groups is 1. The number of hydrogen-bond acceptors (Lipinski definition) is 4. The molecule has 5 heteroatoms. The minimum atomic E-state index is -1.02. The van der Waals surface area contributed by atoms with Gasteiger partial charge in [0.05, 0.1) is 0 Å². The number of rotatable bonds is 3. The van der Waals surface area contributed by atoms with Crippen LogP contribution in [-0.2, 0) is 11.2 Å². The maximum atomic E-state index is 10.4. The van der Waals surface area contributed by atoms with E-state index in [2.05, 4.69) is 0 Å². The third kappa shape index (κ3) is 6.54. The van der Waals surface area contributed by atoms with Crippen LogP contribution in [0.1, 0.15) is 37.7 Å². The molecule has 1 atom stereocenters. The molecule has 1 aromatic carbocycles. The van der Waals surface area contributed by atoms with Crippen LogP contribution in [0.5, 0.6) is 5.75 Å². The summed E-state index contributed by atoms with van der Waals surface area (Å²) in [5, 5.41) is 17.5. The quantitative estimate of drug-likeness (QED) is 0.672. The summed E-state index contributed by atoms with van der Waals surface area (Å²) in [5.41, 5.74) is 11.8. The third-order valence-electron chi connectivity index (χ3n) is 3.36. The molecule has 5 nitrogen and oxygen atoms in total. The summed E-state index contributed by atoms with van der Waals surface area (Å²) in [5.74, 6) is -0.860. The lowest BCUT2D eigenvalue weighted by Crippen LogP contribution is -2.32. The monoisotopic (exact) mass is 280 g/mol. The summed E-state index contributed by atoms with van der Waals surface area (Å²) in [4.78, 5) is 10.4. The van der Waals surface area contributed by atoms with Crippen LogP contribution in [-0.4, -0.2) is 28.3 Å². The second kappa shape index (κ2) is 8.55. The molecule has 1 aliphatic rings. The summed E-state index contributed by atoms with van der Waals surface area (Å²) in [6, 6.07) is 5.96. The van der Waals surface area contributed by atoms with E-state index in [0.717, 1.165) is 5.56 Å². The Morgan fingerprint density at radius 2 is 1.75 bits per heavy atom. The average Bonchev–Trinajstić information content (AvgIpc) is 2.43. The van der Waals surface area contributed by atoms with Crippen LogP contribution in [0.15, 0.2) is 24.3 Å². The highest BCUT2D eigenvalue weighted by molar-refractivity contribution is 5.73. The van der Waals surface area contributed by atoms with Crippen LogP contribution in [0.4, 0.5) is 0 Å². The molecule has 0 unspecified atom stereocenters. The number of benzene rings is 1. The van der Waals surface area contributed by atoms with Gasteiger partial charge in [0.15, 0.2) is 0 Å². The second-order valence-electron chi connectivity index (χ2n) is 5.21. The first-order valence-corrected chi connectivity index (χ1v) is 7.01. The highest BCUT2D eigenvalue weighted by Crippen LogP contribution is 2.14. The molecule has 0 radical (unpaired) electrons. The van der Waals surface area contributed by atoms with Crippen LogP contribution >= 0.6 is 0 Å². The van der Waals surface area contributed by atoms with Crippen LogP contribution in [0, 0.1) is 0 Å². The van der Waals surface area contributed by atoms with E-state index in [0.29, 0.717) is 6.04 Å². The van der Waals surface area contributed by atoms with Gasteiger partial charge >= 0.3 is 5.97 Å². The maximum Gasteiger partial charge on any atom is 0.320 e. The van der Waals surface area contributed by atoms with Crippen LogP contribution in [0.3, 0.4) is 0 Å². The maximum absolute atomic E-state index is 10.4. The molecular formula is C15H24N2O3. The average molecular weight is 280 g/mol. The van der Waals surface area contributed by atoms with E-state index < -0.39 is 12.0 Å². The number of aliphatic carboxylic acids is 1. The van der Waals surface area contributed by atoms with Crippen molar-refractivity contribution < 1.29 is 15.0 Å². The van der Waals surface area contributed by atoms with Crippen molar-refractivity contribution in [3.8, 4) is 5.75 Å². The zero-order valence-corrected chi connectivity index (χ0v) is 11.7. The van der Waals surface area contributed by atoms with Gasteiger partial charge in [-0.25, -0.2) is 0 Å². The molecule has 1 aliphatic carbocycles. The Kier molecular flexibility index (Phi) is 7.04. The van der Waals surface area contributed by atoms with E-state index in [1.165, 1.54) is 44.2 Å². The molecule has 1 aromatic rings. The van der Waals surface area contributed by atoms with Gasteiger partial charge in [-0.05, 0) is 37.0 Å². The van der Waals surface area contributed by atoms with E-state index in [1.807, 2.05) is 0 Å². The van der Waals surface area contributed by atoms with Crippen molar-refractivity contribution in [2.24, 2.45) is 11.5 Å². The van der Waals surface area contributed by atoms with Gasteiger partial charge in [0, 0.05) is 6.04 Å². The van der Waals surface area contributed by atoms with E-state index >= 15 is 0 Å². The molecule has 1 saturated carbocycles. The molecule has 0 bridgehead atoms.